The minimum absolute atomic E-state index is 0.221. The molecule has 2 amide bonds. The van der Waals surface area contributed by atoms with Crippen LogP contribution in [-0.2, 0) is 4.79 Å². The van der Waals surface area contributed by atoms with Gasteiger partial charge in [0, 0.05) is 24.1 Å². The third kappa shape index (κ3) is 6.82. The number of nitrogens with zero attached hydrogens (tertiary/aromatic N) is 1. The number of hydroxylamine groups is 1. The molecule has 1 aliphatic rings. The third-order valence-electron chi connectivity index (χ3n) is 4.32. The number of likely N-dealkylation sites (tertiary alicyclic amines) is 1. The van der Waals surface area contributed by atoms with Gasteiger partial charge < -0.3 is 10.4 Å². The van der Waals surface area contributed by atoms with Crippen LogP contribution >= 0.6 is 0 Å². The smallest absolute Gasteiger partial charge is 0.272 e. The second-order valence-corrected chi connectivity index (χ2v) is 7.48. The van der Waals surface area contributed by atoms with Crippen LogP contribution in [0.25, 0.3) is 0 Å². The van der Waals surface area contributed by atoms with Crippen molar-refractivity contribution in [1.29, 1.82) is 0 Å². The molecule has 1 fully saturated rings. The molecule has 30 heavy (non-hydrogen) atoms. The van der Waals surface area contributed by atoms with Gasteiger partial charge in [0.05, 0.1) is 18.7 Å². The average Bonchev–Trinajstić information content (AvgIpc) is 2.66. The van der Waals surface area contributed by atoms with Gasteiger partial charge >= 0.3 is 0 Å². The van der Waals surface area contributed by atoms with Crippen LogP contribution in [0.15, 0.2) is 24.3 Å². The van der Waals surface area contributed by atoms with Crippen molar-refractivity contribution in [3.05, 3.63) is 35.4 Å². The standard InChI is InChI=1S/C21H23F2N3O4/c1-20(2,29)17(19(28)25-30)24-18(27)16-10-8-15(9-11-16)7-5-3-4-6-12-26-13-21(22,23)14-26/h8-11,17,29-30H,6,12-14H2,1-2H3,(H,24,27)(H,25,28)/t17-/m1/s1. The van der Waals surface area contributed by atoms with E-state index in [-0.39, 0.29) is 18.7 Å². The van der Waals surface area contributed by atoms with Gasteiger partial charge in [0.25, 0.3) is 17.7 Å². The average molecular weight is 419 g/mol. The van der Waals surface area contributed by atoms with E-state index in [2.05, 4.69) is 29.0 Å². The lowest BCUT2D eigenvalue weighted by Gasteiger charge is -2.38. The number of hydrogen-bond acceptors (Lipinski definition) is 5. The first-order chi connectivity index (χ1) is 14.0. The second-order valence-electron chi connectivity index (χ2n) is 7.48. The SMILES string of the molecule is CC(C)(O)[C@H](NC(=O)c1ccc(C#CC#CCCN2CC(F)(F)C2)cc1)C(=O)NO. The summed E-state index contributed by atoms with van der Waals surface area (Å²) < 4.78 is 25.4. The van der Waals surface area contributed by atoms with E-state index >= 15 is 0 Å². The van der Waals surface area contributed by atoms with Crippen molar-refractivity contribution in [2.24, 2.45) is 0 Å². The number of aliphatic hydroxyl groups is 1. The summed E-state index contributed by atoms with van der Waals surface area (Å²) >= 11 is 0. The molecular weight excluding hydrogens is 396 g/mol. The van der Waals surface area contributed by atoms with Gasteiger partial charge in [-0.2, -0.15) is 0 Å². The first kappa shape index (κ1) is 23.3. The molecule has 4 N–H and O–H groups in total. The summed E-state index contributed by atoms with van der Waals surface area (Å²) in [5.41, 5.74) is 0.658. The third-order valence-corrected chi connectivity index (χ3v) is 4.32. The summed E-state index contributed by atoms with van der Waals surface area (Å²) in [4.78, 5) is 25.6. The highest BCUT2D eigenvalue weighted by Crippen LogP contribution is 2.26. The molecule has 0 spiro atoms. The molecule has 1 aliphatic heterocycles. The summed E-state index contributed by atoms with van der Waals surface area (Å²) in [6.45, 7) is 2.69. The molecule has 2 rings (SSSR count). The lowest BCUT2D eigenvalue weighted by atomic mass is 9.97. The van der Waals surface area contributed by atoms with E-state index in [1.165, 1.54) is 31.5 Å². The lowest BCUT2D eigenvalue weighted by molar-refractivity contribution is -0.136. The predicted molar refractivity (Wildman–Crippen MR) is 105 cm³/mol. The van der Waals surface area contributed by atoms with E-state index in [0.29, 0.717) is 18.5 Å². The number of nitrogens with one attached hydrogen (secondary N) is 2. The van der Waals surface area contributed by atoms with E-state index in [4.69, 9.17) is 5.21 Å². The zero-order chi connectivity index (χ0) is 22.4. The van der Waals surface area contributed by atoms with Crippen molar-refractivity contribution < 1.29 is 28.7 Å². The van der Waals surface area contributed by atoms with Crippen molar-refractivity contribution >= 4 is 11.8 Å². The predicted octanol–water partition coefficient (Wildman–Crippen LogP) is 0.757. The summed E-state index contributed by atoms with van der Waals surface area (Å²) in [6.07, 6.45) is 0.452. The Morgan fingerprint density at radius 1 is 1.23 bits per heavy atom. The van der Waals surface area contributed by atoms with Gasteiger partial charge in [-0.3, -0.25) is 19.7 Å². The van der Waals surface area contributed by atoms with Crippen LogP contribution in [0.5, 0.6) is 0 Å². The number of hydrogen-bond donors (Lipinski definition) is 4. The Labute approximate surface area is 173 Å². The van der Waals surface area contributed by atoms with Crippen LogP contribution in [0.3, 0.4) is 0 Å². The molecule has 0 aromatic heterocycles. The van der Waals surface area contributed by atoms with Gasteiger partial charge in [0.15, 0.2) is 0 Å². The van der Waals surface area contributed by atoms with Crippen molar-refractivity contribution in [3.8, 4) is 23.7 Å². The van der Waals surface area contributed by atoms with Crippen LogP contribution in [0.2, 0.25) is 0 Å². The Bertz CT molecular complexity index is 895. The first-order valence-corrected chi connectivity index (χ1v) is 9.18. The molecule has 1 heterocycles. The normalized spacial score (nSPS) is 16.1. The second kappa shape index (κ2) is 9.68. The maximum Gasteiger partial charge on any atom is 0.272 e. The number of carbonyl (C=O) groups is 2. The van der Waals surface area contributed by atoms with E-state index in [9.17, 15) is 23.5 Å². The quantitative estimate of drug-likeness (QED) is 0.310. The van der Waals surface area contributed by atoms with E-state index in [0.717, 1.165) is 0 Å². The largest absolute Gasteiger partial charge is 0.388 e. The molecule has 9 heteroatoms. The number of rotatable bonds is 6. The molecular formula is C21H23F2N3O4. The highest BCUT2D eigenvalue weighted by molar-refractivity contribution is 5.97. The fourth-order valence-electron chi connectivity index (χ4n) is 2.74. The minimum atomic E-state index is -2.57. The Morgan fingerprint density at radius 2 is 1.87 bits per heavy atom. The molecule has 1 atom stereocenters. The zero-order valence-corrected chi connectivity index (χ0v) is 16.6. The van der Waals surface area contributed by atoms with Gasteiger partial charge in [-0.1, -0.05) is 11.8 Å². The Hall–Kier alpha value is -2.98. The van der Waals surface area contributed by atoms with Crippen molar-refractivity contribution in [1.82, 2.24) is 15.7 Å². The maximum absolute atomic E-state index is 12.7. The van der Waals surface area contributed by atoms with Gasteiger partial charge in [0.2, 0.25) is 0 Å². The van der Waals surface area contributed by atoms with Crippen LogP contribution < -0.4 is 10.8 Å². The van der Waals surface area contributed by atoms with Crippen LogP contribution in [0, 0.1) is 23.7 Å². The van der Waals surface area contributed by atoms with Crippen molar-refractivity contribution in [2.45, 2.75) is 37.8 Å². The van der Waals surface area contributed by atoms with Crippen molar-refractivity contribution in [3.63, 3.8) is 0 Å². The maximum atomic E-state index is 12.7. The van der Waals surface area contributed by atoms with Gasteiger partial charge in [0.1, 0.15) is 6.04 Å². The Balaban J connectivity index is 1.88. The molecule has 1 aromatic rings. The Kier molecular flexibility index (Phi) is 7.52. The summed E-state index contributed by atoms with van der Waals surface area (Å²) in [7, 11) is 0. The van der Waals surface area contributed by atoms with Gasteiger partial charge in [-0.05, 0) is 50.0 Å². The van der Waals surface area contributed by atoms with E-state index < -0.39 is 29.4 Å². The number of alkyl halides is 2. The van der Waals surface area contributed by atoms with Gasteiger partial charge in [-0.15, -0.1) is 0 Å². The monoisotopic (exact) mass is 419 g/mol. The highest BCUT2D eigenvalue weighted by atomic mass is 19.3. The Morgan fingerprint density at radius 3 is 2.40 bits per heavy atom. The first-order valence-electron chi connectivity index (χ1n) is 9.18. The molecule has 7 nitrogen and oxygen atoms in total. The summed E-state index contributed by atoms with van der Waals surface area (Å²) in [5, 5.41) is 21.1. The van der Waals surface area contributed by atoms with Crippen LogP contribution in [0.4, 0.5) is 8.78 Å². The number of halogens is 2. The molecule has 0 aliphatic carbocycles. The zero-order valence-electron chi connectivity index (χ0n) is 16.6. The number of amides is 2. The number of benzene rings is 1. The van der Waals surface area contributed by atoms with Gasteiger partial charge in [-0.25, -0.2) is 14.3 Å². The van der Waals surface area contributed by atoms with Crippen LogP contribution in [-0.4, -0.2) is 64.2 Å². The highest BCUT2D eigenvalue weighted by Gasteiger charge is 2.43. The molecule has 160 valence electrons. The summed E-state index contributed by atoms with van der Waals surface area (Å²) in [6, 6.07) is 4.82. The topological polar surface area (TPSA) is 102 Å². The lowest BCUT2D eigenvalue weighted by Crippen LogP contribution is -2.57. The number of carbonyl (C=O) groups excluding carboxylic acids is 2. The van der Waals surface area contributed by atoms with E-state index in [1.54, 1.807) is 17.0 Å². The molecule has 0 unspecified atom stereocenters. The fraction of sp³-hybridized carbons (Fsp3) is 0.429. The van der Waals surface area contributed by atoms with Crippen LogP contribution in [0.1, 0.15) is 36.2 Å². The molecule has 1 saturated heterocycles. The molecule has 0 radical (unpaired) electrons. The fourth-order valence-corrected chi connectivity index (χ4v) is 2.74. The van der Waals surface area contributed by atoms with Crippen molar-refractivity contribution in [2.75, 3.05) is 19.6 Å². The minimum Gasteiger partial charge on any atom is -0.388 e. The molecule has 0 bridgehead atoms. The molecule has 1 aromatic carbocycles. The summed E-state index contributed by atoms with van der Waals surface area (Å²) in [5.74, 6) is 6.80. The van der Waals surface area contributed by atoms with E-state index in [1.807, 2.05) is 0 Å². The molecule has 0 saturated carbocycles.